The van der Waals surface area contributed by atoms with Gasteiger partial charge >= 0.3 is 0 Å². The Kier molecular flexibility index (Phi) is 5.73. The van der Waals surface area contributed by atoms with E-state index in [2.05, 4.69) is 15.5 Å². The minimum Gasteiger partial charge on any atom is -0.498 e. The van der Waals surface area contributed by atoms with Crippen molar-refractivity contribution in [2.75, 3.05) is 19.8 Å². The number of amides is 1. The minimum atomic E-state index is -0.293. The van der Waals surface area contributed by atoms with Crippen molar-refractivity contribution in [3.63, 3.8) is 0 Å². The first kappa shape index (κ1) is 17.9. The fraction of sp³-hybridized carbons (Fsp3) is 0.722. The van der Waals surface area contributed by atoms with Gasteiger partial charge in [-0.1, -0.05) is 19.0 Å². The molecule has 1 N–H and O–H groups in total. The predicted molar refractivity (Wildman–Crippen MR) is 90.7 cm³/mol. The molecular weight excluding hydrogens is 322 g/mol. The highest BCUT2D eigenvalue weighted by Crippen LogP contribution is 2.31. The molecule has 2 aliphatic rings. The van der Waals surface area contributed by atoms with E-state index in [1.807, 2.05) is 20.8 Å². The molecule has 1 amide bonds. The van der Waals surface area contributed by atoms with Gasteiger partial charge in [0.15, 0.2) is 5.82 Å². The second kappa shape index (κ2) is 7.99. The maximum atomic E-state index is 12.8. The molecule has 0 bridgehead atoms. The van der Waals surface area contributed by atoms with Gasteiger partial charge in [-0.2, -0.15) is 4.98 Å². The number of hydrogen-bond acceptors (Lipinski definition) is 6. The Labute approximate surface area is 148 Å². The molecule has 3 rings (SSSR count). The number of carbonyl (C=O) groups is 1. The zero-order chi connectivity index (χ0) is 17.8. The van der Waals surface area contributed by atoms with E-state index in [0.29, 0.717) is 42.9 Å². The van der Waals surface area contributed by atoms with Crippen molar-refractivity contribution in [1.82, 2.24) is 15.5 Å². The van der Waals surface area contributed by atoms with Crippen LogP contribution in [0, 0.1) is 5.92 Å². The Hall–Kier alpha value is -1.89. The summed E-state index contributed by atoms with van der Waals surface area (Å²) >= 11 is 0. The van der Waals surface area contributed by atoms with Crippen LogP contribution in [0.5, 0.6) is 0 Å². The van der Waals surface area contributed by atoms with Crippen molar-refractivity contribution in [3.8, 4) is 0 Å². The molecule has 138 valence electrons. The van der Waals surface area contributed by atoms with Crippen LogP contribution < -0.4 is 5.32 Å². The number of nitrogens with one attached hydrogen (secondary N) is 1. The van der Waals surface area contributed by atoms with Crippen LogP contribution in [0.3, 0.4) is 0 Å². The van der Waals surface area contributed by atoms with E-state index < -0.39 is 0 Å². The summed E-state index contributed by atoms with van der Waals surface area (Å²) in [5.74, 6) is 2.17. The van der Waals surface area contributed by atoms with Crippen LogP contribution in [0.2, 0.25) is 0 Å². The lowest BCUT2D eigenvalue weighted by molar-refractivity contribution is -0.119. The maximum Gasteiger partial charge on any atom is 0.251 e. The molecule has 1 aromatic heterocycles. The highest BCUT2D eigenvalue weighted by atomic mass is 16.5. The smallest absolute Gasteiger partial charge is 0.251 e. The van der Waals surface area contributed by atoms with Gasteiger partial charge in [-0.3, -0.25) is 4.79 Å². The Morgan fingerprint density at radius 2 is 2.00 bits per heavy atom. The molecule has 1 atom stereocenters. The highest BCUT2D eigenvalue weighted by molar-refractivity contribution is 5.94. The maximum absolute atomic E-state index is 12.8. The highest BCUT2D eigenvalue weighted by Gasteiger charge is 2.33. The average Bonchev–Trinajstić information content (AvgIpc) is 3.11. The first-order chi connectivity index (χ1) is 12.1. The van der Waals surface area contributed by atoms with E-state index in [1.165, 1.54) is 0 Å². The number of nitrogens with zero attached hydrogens (tertiary/aromatic N) is 2. The summed E-state index contributed by atoms with van der Waals surface area (Å²) in [5.41, 5.74) is 0.715. The lowest BCUT2D eigenvalue weighted by Gasteiger charge is -2.29. The Balaban J connectivity index is 1.81. The molecule has 0 aromatic carbocycles. The molecule has 25 heavy (non-hydrogen) atoms. The Morgan fingerprint density at radius 1 is 1.24 bits per heavy atom. The van der Waals surface area contributed by atoms with Crippen molar-refractivity contribution in [1.29, 1.82) is 0 Å². The van der Waals surface area contributed by atoms with Crippen molar-refractivity contribution in [3.05, 3.63) is 23.0 Å². The first-order valence-electron chi connectivity index (χ1n) is 9.11. The van der Waals surface area contributed by atoms with E-state index in [1.54, 1.807) is 0 Å². The number of aromatic nitrogens is 2. The van der Waals surface area contributed by atoms with Gasteiger partial charge in [0, 0.05) is 19.1 Å². The van der Waals surface area contributed by atoms with Gasteiger partial charge in [-0.05, 0) is 38.5 Å². The summed E-state index contributed by atoms with van der Waals surface area (Å²) in [7, 11) is 0. The standard InChI is InChI=1S/C18H27N3O4/c1-11(2)16-20-18(25-21-16)15(13-6-9-23-10-7-13)19-17(22)14-5-4-8-24-12(14)3/h11,13,15H,4-10H2,1-3H3,(H,19,22)/t15-/m0/s1. The van der Waals surface area contributed by atoms with Crippen LogP contribution in [0.25, 0.3) is 0 Å². The number of allylic oxidation sites excluding steroid dienone is 1. The second-order valence-corrected chi connectivity index (χ2v) is 7.03. The van der Waals surface area contributed by atoms with Gasteiger partial charge in [0.2, 0.25) is 5.89 Å². The molecule has 1 aromatic rings. The van der Waals surface area contributed by atoms with Gasteiger partial charge in [-0.15, -0.1) is 0 Å². The lowest BCUT2D eigenvalue weighted by atomic mass is 9.91. The van der Waals surface area contributed by atoms with E-state index in [9.17, 15) is 4.79 Å². The number of carbonyl (C=O) groups excluding carboxylic acids is 1. The van der Waals surface area contributed by atoms with Crippen LogP contribution in [-0.4, -0.2) is 35.9 Å². The van der Waals surface area contributed by atoms with Crippen molar-refractivity contribution >= 4 is 5.91 Å². The largest absolute Gasteiger partial charge is 0.498 e. The molecule has 1 saturated heterocycles. The molecule has 0 radical (unpaired) electrons. The Bertz CT molecular complexity index is 632. The molecule has 3 heterocycles. The van der Waals surface area contributed by atoms with Crippen LogP contribution in [0.1, 0.15) is 70.1 Å². The third-order valence-corrected chi connectivity index (χ3v) is 4.85. The minimum absolute atomic E-state index is 0.0991. The van der Waals surface area contributed by atoms with Gasteiger partial charge in [0.05, 0.1) is 12.2 Å². The topological polar surface area (TPSA) is 86.5 Å². The number of ether oxygens (including phenoxy) is 2. The molecule has 7 nitrogen and oxygen atoms in total. The van der Waals surface area contributed by atoms with Crippen LogP contribution in [0.4, 0.5) is 0 Å². The molecule has 0 saturated carbocycles. The van der Waals surface area contributed by atoms with E-state index >= 15 is 0 Å². The average molecular weight is 349 g/mol. The molecule has 2 aliphatic heterocycles. The van der Waals surface area contributed by atoms with Gasteiger partial charge in [0.1, 0.15) is 11.8 Å². The predicted octanol–water partition coefficient (Wildman–Crippen LogP) is 2.86. The van der Waals surface area contributed by atoms with E-state index in [-0.39, 0.29) is 23.8 Å². The lowest BCUT2D eigenvalue weighted by Crippen LogP contribution is -2.37. The zero-order valence-corrected chi connectivity index (χ0v) is 15.2. The summed E-state index contributed by atoms with van der Waals surface area (Å²) in [6, 6.07) is -0.293. The summed E-state index contributed by atoms with van der Waals surface area (Å²) in [6.45, 7) is 7.93. The Morgan fingerprint density at radius 3 is 2.64 bits per heavy atom. The molecule has 7 heteroatoms. The summed E-state index contributed by atoms with van der Waals surface area (Å²) in [4.78, 5) is 17.3. The van der Waals surface area contributed by atoms with Gasteiger partial charge in [-0.25, -0.2) is 0 Å². The van der Waals surface area contributed by atoms with E-state index in [4.69, 9.17) is 14.0 Å². The van der Waals surface area contributed by atoms with Crippen LogP contribution in [-0.2, 0) is 14.3 Å². The molecule has 1 fully saturated rings. The second-order valence-electron chi connectivity index (χ2n) is 7.03. The summed E-state index contributed by atoms with van der Waals surface area (Å²) in [6.07, 6.45) is 3.32. The van der Waals surface area contributed by atoms with Crippen molar-refractivity contribution in [2.24, 2.45) is 5.92 Å². The fourth-order valence-electron chi connectivity index (χ4n) is 3.28. The zero-order valence-electron chi connectivity index (χ0n) is 15.2. The van der Waals surface area contributed by atoms with Gasteiger partial charge < -0.3 is 19.3 Å². The summed E-state index contributed by atoms with van der Waals surface area (Å²) in [5, 5.41) is 7.19. The number of hydrogen-bond donors (Lipinski definition) is 1. The number of rotatable bonds is 5. The quantitative estimate of drug-likeness (QED) is 0.879. The SMILES string of the molecule is CC1=C(C(=O)N[C@H](c2nc(C(C)C)no2)C2CCOCC2)CCCO1. The van der Waals surface area contributed by atoms with Crippen molar-refractivity contribution in [2.45, 2.75) is 58.4 Å². The van der Waals surface area contributed by atoms with E-state index in [0.717, 1.165) is 25.7 Å². The van der Waals surface area contributed by atoms with Crippen LogP contribution in [0.15, 0.2) is 15.9 Å². The molecule has 0 unspecified atom stereocenters. The van der Waals surface area contributed by atoms with Gasteiger partial charge in [0.25, 0.3) is 5.91 Å². The monoisotopic (exact) mass is 349 g/mol. The third kappa shape index (κ3) is 4.21. The molecule has 0 spiro atoms. The van der Waals surface area contributed by atoms with Crippen LogP contribution >= 0.6 is 0 Å². The first-order valence-corrected chi connectivity index (χ1v) is 9.11. The molecular formula is C18H27N3O4. The normalized spacial score (nSPS) is 20.5. The summed E-state index contributed by atoms with van der Waals surface area (Å²) < 4.78 is 16.5. The fourth-order valence-corrected chi connectivity index (χ4v) is 3.28. The molecule has 0 aliphatic carbocycles. The van der Waals surface area contributed by atoms with Crippen molar-refractivity contribution < 1.29 is 18.8 Å². The third-order valence-electron chi connectivity index (χ3n) is 4.85.